The van der Waals surface area contributed by atoms with Gasteiger partial charge in [0.25, 0.3) is 6.71 Å². The average Bonchev–Trinajstić information content (AvgIpc) is 0.842. The number of hydrogen-bond donors (Lipinski definition) is 0. The average molecular weight is 1370 g/mol. The predicted molar refractivity (Wildman–Crippen MR) is 449 cm³/mol. The molecule has 2 aliphatic heterocycles. The van der Waals surface area contributed by atoms with Crippen molar-refractivity contribution in [3.05, 3.63) is 375 Å². The van der Waals surface area contributed by atoms with Gasteiger partial charge in [0.05, 0.1) is 62.3 Å². The van der Waals surface area contributed by atoms with Gasteiger partial charge in [0, 0.05) is 83.3 Å². The first-order chi connectivity index (χ1) is 57.6. The van der Waals surface area contributed by atoms with E-state index in [0.29, 0.717) is 28.3 Å². The first kappa shape index (κ1) is 49.2. The molecule has 0 spiro atoms. The topological polar surface area (TPSA) is 21.3 Å². The molecule has 498 valence electrons. The summed E-state index contributed by atoms with van der Waals surface area (Å²) in [5, 5.41) is 4.17. The lowest BCUT2D eigenvalue weighted by Crippen LogP contribution is -2.61. The van der Waals surface area contributed by atoms with Gasteiger partial charge in [-0.2, -0.15) is 0 Å². The van der Waals surface area contributed by atoms with E-state index in [9.17, 15) is 13.7 Å². The van der Waals surface area contributed by atoms with E-state index in [1.54, 1.807) is 4.57 Å². The van der Waals surface area contributed by atoms with Crippen molar-refractivity contribution in [2.45, 2.75) is 26.2 Å². The molecule has 0 unspecified atom stereocenters. The van der Waals surface area contributed by atoms with Crippen molar-refractivity contribution in [2.24, 2.45) is 0 Å². The second kappa shape index (κ2) is 24.1. The van der Waals surface area contributed by atoms with Gasteiger partial charge in [-0.15, -0.1) is 0 Å². The molecule has 0 N–H and O–H groups in total. The van der Waals surface area contributed by atoms with Gasteiger partial charge in [-0.25, -0.2) is 0 Å². The van der Waals surface area contributed by atoms with Crippen LogP contribution in [0.25, 0.3) is 138 Å². The Morgan fingerprint density at radius 3 is 1.24 bits per heavy atom. The van der Waals surface area contributed by atoms with Crippen LogP contribution < -0.4 is 26.2 Å². The van der Waals surface area contributed by atoms with Crippen LogP contribution in [0.3, 0.4) is 0 Å². The van der Waals surface area contributed by atoms with Crippen LogP contribution >= 0.6 is 0 Å². The zero-order chi connectivity index (χ0) is 81.6. The zero-order valence-corrected chi connectivity index (χ0v) is 58.0. The van der Waals surface area contributed by atoms with E-state index in [4.69, 9.17) is 4.11 Å². The number of nitrogens with zero attached hydrogens (tertiary/aromatic N) is 5. The fraction of sp³-hybridized carbons (Fsp3) is 0.0400. The number of para-hydroxylation sites is 5. The summed E-state index contributed by atoms with van der Waals surface area (Å²) in [7, 11) is 0. The van der Waals surface area contributed by atoms with Crippen molar-refractivity contribution < 1.29 is 17.8 Å². The van der Waals surface area contributed by atoms with Crippen LogP contribution in [0.4, 0.5) is 34.1 Å². The molecule has 3 aromatic heterocycles. The van der Waals surface area contributed by atoms with E-state index in [1.165, 1.54) is 0 Å². The Morgan fingerprint density at radius 1 is 0.264 bits per heavy atom. The Bertz CT molecular complexity index is 7310. The third-order valence-corrected chi connectivity index (χ3v) is 21.6. The molecular formula is C100H70BN5. The summed E-state index contributed by atoms with van der Waals surface area (Å²) in [5.41, 5.74) is 20.3. The Morgan fingerprint density at radius 2 is 0.689 bits per heavy atom. The van der Waals surface area contributed by atoms with E-state index in [2.05, 4.69) is 228 Å². The Kier molecular flexibility index (Phi) is 11.2. The van der Waals surface area contributed by atoms with Crippen molar-refractivity contribution in [1.82, 2.24) is 13.7 Å². The van der Waals surface area contributed by atoms with Gasteiger partial charge in [0.15, 0.2) is 0 Å². The number of aromatic nitrogens is 3. The van der Waals surface area contributed by atoms with Gasteiger partial charge in [-0.3, -0.25) is 0 Å². The van der Waals surface area contributed by atoms with Crippen LogP contribution in [0.5, 0.6) is 0 Å². The third kappa shape index (κ3) is 9.64. The van der Waals surface area contributed by atoms with Gasteiger partial charge < -0.3 is 23.5 Å². The monoisotopic (exact) mass is 1360 g/mol. The Labute approximate surface area is 635 Å². The van der Waals surface area contributed by atoms with Gasteiger partial charge in [0.2, 0.25) is 0 Å². The molecule has 2 aliphatic rings. The standard InChI is InChI=1S/C100H70BN5/c1-100(2,3)73-59-83(68-35-15-7-16-36-68)99(84(60-73)69-37-17-8-18-38-69)106-95-62-75(103-92-48-28-23-43-82(92)85-61-74(51-54-93(85)103)102-88-44-24-19-39-78(88)79-40-20-25-45-89(79)102)50-53-87(95)101-86-52-49-70(65-29-9-4-10-30-65)58-94(86)105(76-56-71(66-31-11-5-12-32-66)55-72(57-76)67-33-13-6-14-34-67)96-63-77(64-97(106)98(96)101)104-90-46-26-21-41-80(90)81-42-22-27-47-91(81)104/h4-64H,1-3H3/i4D,9D,10D,21D,22D,26D,27D,29D,30D,41D,42D,46D,47D. The smallest absolute Gasteiger partial charge is 0.252 e. The molecule has 19 aromatic rings. The number of anilines is 6. The molecule has 16 aromatic carbocycles. The maximum Gasteiger partial charge on any atom is 0.252 e. The van der Waals surface area contributed by atoms with Crippen LogP contribution in [0.2, 0.25) is 0 Å². The summed E-state index contributed by atoms with van der Waals surface area (Å²) in [5.74, 6) is 0. The summed E-state index contributed by atoms with van der Waals surface area (Å²) >= 11 is 0. The van der Waals surface area contributed by atoms with Gasteiger partial charge in [-0.1, -0.05) is 281 Å². The molecule has 0 saturated heterocycles. The maximum absolute atomic E-state index is 10.2. The number of hydrogen-bond acceptors (Lipinski definition) is 2. The summed E-state index contributed by atoms with van der Waals surface area (Å²) in [4.78, 5) is 4.52. The molecule has 0 radical (unpaired) electrons. The lowest BCUT2D eigenvalue weighted by atomic mass is 9.33. The fourth-order valence-electron chi connectivity index (χ4n) is 16.9. The second-order valence-corrected chi connectivity index (χ2v) is 28.6. The predicted octanol–water partition coefficient (Wildman–Crippen LogP) is 24.7. The Balaban J connectivity index is 0.959. The molecule has 0 saturated carbocycles. The first-order valence-electron chi connectivity index (χ1n) is 42.4. The minimum absolute atomic E-state index is 0.00986. The molecule has 0 bridgehead atoms. The maximum atomic E-state index is 10.2. The van der Waals surface area contributed by atoms with Gasteiger partial charge >= 0.3 is 0 Å². The molecule has 5 heterocycles. The van der Waals surface area contributed by atoms with Crippen molar-refractivity contribution in [3.63, 3.8) is 0 Å². The van der Waals surface area contributed by atoms with Crippen LogP contribution in [-0.4, -0.2) is 20.4 Å². The van der Waals surface area contributed by atoms with Crippen molar-refractivity contribution >= 4 is 123 Å². The van der Waals surface area contributed by atoms with Crippen molar-refractivity contribution in [3.8, 4) is 72.7 Å². The van der Waals surface area contributed by atoms with E-state index >= 15 is 0 Å². The molecular weight excluding hydrogens is 1280 g/mol. The number of rotatable bonds is 10. The van der Waals surface area contributed by atoms with Crippen LogP contribution in [0, 0.1) is 0 Å². The normalized spacial score (nSPS) is 14.3. The highest BCUT2D eigenvalue weighted by Gasteiger charge is 2.46. The third-order valence-electron chi connectivity index (χ3n) is 21.6. The highest BCUT2D eigenvalue weighted by atomic mass is 15.2. The largest absolute Gasteiger partial charge is 0.311 e. The van der Waals surface area contributed by atoms with Crippen LogP contribution in [0.1, 0.15) is 44.2 Å². The highest BCUT2D eigenvalue weighted by molar-refractivity contribution is 7.00. The second-order valence-electron chi connectivity index (χ2n) is 28.6. The minimum atomic E-state index is -0.727. The molecule has 0 aliphatic carbocycles. The van der Waals surface area contributed by atoms with Crippen LogP contribution in [-0.2, 0) is 5.41 Å². The molecule has 0 amide bonds. The summed E-state index contributed by atoms with van der Waals surface area (Å²) < 4.78 is 130. The summed E-state index contributed by atoms with van der Waals surface area (Å²) in [6.07, 6.45) is 0. The quantitative estimate of drug-likeness (QED) is 0.127. The fourth-order valence-corrected chi connectivity index (χ4v) is 16.9. The summed E-state index contributed by atoms with van der Waals surface area (Å²) in [6.45, 7) is 5.93. The Hall–Kier alpha value is -13.4. The highest BCUT2D eigenvalue weighted by Crippen LogP contribution is 2.54. The van der Waals surface area contributed by atoms with E-state index in [0.717, 1.165) is 133 Å². The van der Waals surface area contributed by atoms with Crippen molar-refractivity contribution in [1.29, 1.82) is 0 Å². The zero-order valence-electron chi connectivity index (χ0n) is 71.0. The molecule has 21 rings (SSSR count). The molecule has 0 fully saturated rings. The SMILES string of the molecule is [2H]c1c([2H])c([2H])c(-c2ccc3c(c2)N(c2cc(-c4ccccc4)cc(-c4ccccc4)c2)c2cc(-n4c5c([2H])c([2H])c([2H])c([2H])c5c5c([2H])c([2H])c([2H])c([2H])c54)cc4c2B3c2ccc(-n3c5ccccc5c5cc(-n6c7ccccc7c7ccccc76)ccc53)cc2N4c2c(-c3ccccc3)cc(C(C)(C)C)cc2-c2ccccc2)c([2H])c1[2H]. The van der Waals surface area contributed by atoms with Gasteiger partial charge in [0.1, 0.15) is 0 Å². The van der Waals surface area contributed by atoms with E-state index < -0.39 is 78.6 Å². The van der Waals surface area contributed by atoms with Crippen molar-refractivity contribution in [2.75, 3.05) is 9.80 Å². The molecule has 0 atom stereocenters. The first-order valence-corrected chi connectivity index (χ1v) is 35.9. The van der Waals surface area contributed by atoms with Crippen LogP contribution in [0.15, 0.2) is 370 Å². The van der Waals surface area contributed by atoms with E-state index in [-0.39, 0.29) is 45.1 Å². The van der Waals surface area contributed by atoms with Gasteiger partial charge in [-0.05, 0) is 181 Å². The molecule has 106 heavy (non-hydrogen) atoms. The van der Waals surface area contributed by atoms with E-state index in [1.807, 2.05) is 103 Å². The minimum Gasteiger partial charge on any atom is -0.311 e. The lowest BCUT2D eigenvalue weighted by molar-refractivity contribution is 0.591. The number of benzene rings is 16. The number of fused-ring (bicyclic) bond motifs is 13. The summed E-state index contributed by atoms with van der Waals surface area (Å²) in [6, 6.07) is 94.2. The molecule has 6 heteroatoms. The molecule has 5 nitrogen and oxygen atoms in total. The lowest BCUT2D eigenvalue weighted by Gasteiger charge is -2.45.